The molecule has 1 saturated heterocycles. The van der Waals surface area contributed by atoms with Crippen LogP contribution in [0.5, 0.6) is 5.88 Å². The lowest BCUT2D eigenvalue weighted by Gasteiger charge is -2.23. The Balaban J connectivity index is 1.78. The fourth-order valence-corrected chi connectivity index (χ4v) is 2.49. The van der Waals surface area contributed by atoms with Crippen LogP contribution < -0.4 is 15.4 Å². The van der Waals surface area contributed by atoms with Crippen molar-refractivity contribution in [1.82, 2.24) is 15.3 Å². The molecular formula is C15H20N4O. The molecule has 0 bridgehead atoms. The van der Waals surface area contributed by atoms with Gasteiger partial charge in [-0.2, -0.15) is 0 Å². The molecule has 106 valence electrons. The van der Waals surface area contributed by atoms with Gasteiger partial charge >= 0.3 is 0 Å². The predicted molar refractivity (Wildman–Crippen MR) is 80.2 cm³/mol. The maximum atomic E-state index is 5.88. The van der Waals surface area contributed by atoms with Gasteiger partial charge in [0.1, 0.15) is 6.61 Å². The van der Waals surface area contributed by atoms with Crippen molar-refractivity contribution >= 4 is 16.9 Å². The molecule has 1 fully saturated rings. The first-order chi connectivity index (χ1) is 9.86. The highest BCUT2D eigenvalue weighted by Gasteiger charge is 2.15. The van der Waals surface area contributed by atoms with Gasteiger partial charge in [0.2, 0.25) is 0 Å². The van der Waals surface area contributed by atoms with Gasteiger partial charge in [0.15, 0.2) is 5.82 Å². The summed E-state index contributed by atoms with van der Waals surface area (Å²) in [5, 5.41) is 6.53. The largest absolute Gasteiger partial charge is 0.473 e. The topological polar surface area (TPSA) is 59.1 Å². The molecule has 1 aromatic carbocycles. The lowest BCUT2D eigenvalue weighted by atomic mass is 10.1. The number of nitrogens with one attached hydrogen (secondary N) is 2. The number of aromatic nitrogens is 2. The van der Waals surface area contributed by atoms with Crippen LogP contribution in [0.4, 0.5) is 5.82 Å². The van der Waals surface area contributed by atoms with Gasteiger partial charge in [-0.25, -0.2) is 9.97 Å². The number of benzene rings is 1. The standard InChI is InChI=1S/C15H20N4O/c1-16-14-15(20-10-11-6-4-5-9-17-11)19-13-8-3-2-7-12(13)18-14/h2-3,7-8,11,17H,4-6,9-10H2,1H3,(H,16,18)/t11-/m1/s1. The van der Waals surface area contributed by atoms with Gasteiger partial charge < -0.3 is 15.4 Å². The number of anilines is 1. The van der Waals surface area contributed by atoms with E-state index in [0.717, 1.165) is 24.0 Å². The van der Waals surface area contributed by atoms with Crippen molar-refractivity contribution < 1.29 is 4.74 Å². The molecule has 20 heavy (non-hydrogen) atoms. The summed E-state index contributed by atoms with van der Waals surface area (Å²) in [7, 11) is 1.84. The van der Waals surface area contributed by atoms with Crippen LogP contribution in [0.2, 0.25) is 0 Å². The van der Waals surface area contributed by atoms with Crippen molar-refractivity contribution in [2.45, 2.75) is 25.3 Å². The minimum Gasteiger partial charge on any atom is -0.473 e. The number of hydrogen-bond donors (Lipinski definition) is 2. The van der Waals surface area contributed by atoms with E-state index in [9.17, 15) is 0 Å². The second-order valence-corrected chi connectivity index (χ2v) is 5.07. The number of ether oxygens (including phenoxy) is 1. The molecule has 0 radical (unpaired) electrons. The Morgan fingerprint density at radius 2 is 2.05 bits per heavy atom. The summed E-state index contributed by atoms with van der Waals surface area (Å²) in [6, 6.07) is 8.25. The molecule has 0 saturated carbocycles. The Labute approximate surface area is 118 Å². The second-order valence-electron chi connectivity index (χ2n) is 5.07. The number of nitrogens with zero attached hydrogens (tertiary/aromatic N) is 2. The summed E-state index contributed by atoms with van der Waals surface area (Å²) in [5.74, 6) is 1.28. The third-order valence-electron chi connectivity index (χ3n) is 3.61. The van der Waals surface area contributed by atoms with Gasteiger partial charge in [-0.3, -0.25) is 0 Å². The van der Waals surface area contributed by atoms with E-state index in [1.807, 2.05) is 31.3 Å². The van der Waals surface area contributed by atoms with Crippen molar-refractivity contribution in [3.63, 3.8) is 0 Å². The zero-order valence-corrected chi connectivity index (χ0v) is 11.7. The summed E-state index contributed by atoms with van der Waals surface area (Å²) in [5.41, 5.74) is 1.73. The summed E-state index contributed by atoms with van der Waals surface area (Å²) in [6.45, 7) is 1.72. The number of rotatable bonds is 4. The molecular weight excluding hydrogens is 252 g/mol. The molecule has 2 aromatic rings. The first kappa shape index (κ1) is 13.1. The molecule has 1 aliphatic rings. The van der Waals surface area contributed by atoms with Gasteiger partial charge in [0, 0.05) is 13.1 Å². The average molecular weight is 272 g/mol. The fraction of sp³-hybridized carbons (Fsp3) is 0.467. The monoisotopic (exact) mass is 272 g/mol. The van der Waals surface area contributed by atoms with Crippen molar-refractivity contribution in [2.24, 2.45) is 0 Å². The molecule has 0 aliphatic carbocycles. The molecule has 5 nitrogen and oxygen atoms in total. The minimum absolute atomic E-state index is 0.418. The van der Waals surface area contributed by atoms with Crippen LogP contribution in [0.15, 0.2) is 24.3 Å². The summed E-state index contributed by atoms with van der Waals surface area (Å²) < 4.78 is 5.88. The number of piperidine rings is 1. The van der Waals surface area contributed by atoms with Crippen LogP contribution in [-0.4, -0.2) is 36.2 Å². The maximum Gasteiger partial charge on any atom is 0.258 e. The molecule has 1 aromatic heterocycles. The van der Waals surface area contributed by atoms with Crippen LogP contribution in [0.3, 0.4) is 0 Å². The Morgan fingerprint density at radius 3 is 2.75 bits per heavy atom. The Morgan fingerprint density at radius 1 is 1.25 bits per heavy atom. The molecule has 3 rings (SSSR count). The lowest BCUT2D eigenvalue weighted by Crippen LogP contribution is -2.38. The highest BCUT2D eigenvalue weighted by atomic mass is 16.5. The highest BCUT2D eigenvalue weighted by molar-refractivity contribution is 5.77. The van der Waals surface area contributed by atoms with E-state index in [4.69, 9.17) is 4.74 Å². The molecule has 2 heterocycles. The lowest BCUT2D eigenvalue weighted by molar-refractivity contribution is 0.233. The molecule has 2 N–H and O–H groups in total. The molecule has 5 heteroatoms. The van der Waals surface area contributed by atoms with E-state index in [2.05, 4.69) is 20.6 Å². The zero-order chi connectivity index (χ0) is 13.8. The molecule has 0 amide bonds. The van der Waals surface area contributed by atoms with Crippen molar-refractivity contribution in [3.8, 4) is 5.88 Å². The molecule has 0 spiro atoms. The van der Waals surface area contributed by atoms with E-state index in [1.165, 1.54) is 12.8 Å². The van der Waals surface area contributed by atoms with E-state index >= 15 is 0 Å². The zero-order valence-electron chi connectivity index (χ0n) is 11.7. The van der Waals surface area contributed by atoms with Crippen molar-refractivity contribution in [1.29, 1.82) is 0 Å². The third kappa shape index (κ3) is 2.82. The van der Waals surface area contributed by atoms with Crippen molar-refractivity contribution in [2.75, 3.05) is 25.5 Å². The molecule has 0 unspecified atom stereocenters. The molecule has 1 atom stereocenters. The summed E-state index contributed by atoms with van der Waals surface area (Å²) in [4.78, 5) is 9.09. The number of fused-ring (bicyclic) bond motifs is 1. The van der Waals surface area contributed by atoms with Crippen LogP contribution in [-0.2, 0) is 0 Å². The van der Waals surface area contributed by atoms with E-state index in [0.29, 0.717) is 24.3 Å². The Bertz CT molecular complexity index is 581. The van der Waals surface area contributed by atoms with Gasteiger partial charge in [-0.1, -0.05) is 18.6 Å². The fourth-order valence-electron chi connectivity index (χ4n) is 2.49. The van der Waals surface area contributed by atoms with Crippen LogP contribution in [0.1, 0.15) is 19.3 Å². The maximum absolute atomic E-state index is 5.88. The van der Waals surface area contributed by atoms with Gasteiger partial charge in [0.25, 0.3) is 5.88 Å². The first-order valence-corrected chi connectivity index (χ1v) is 7.17. The van der Waals surface area contributed by atoms with Crippen LogP contribution in [0.25, 0.3) is 11.0 Å². The van der Waals surface area contributed by atoms with E-state index in [-0.39, 0.29) is 0 Å². The van der Waals surface area contributed by atoms with Gasteiger partial charge in [-0.05, 0) is 31.5 Å². The van der Waals surface area contributed by atoms with Crippen molar-refractivity contribution in [3.05, 3.63) is 24.3 Å². The molecule has 1 aliphatic heterocycles. The minimum atomic E-state index is 0.418. The summed E-state index contributed by atoms with van der Waals surface area (Å²) >= 11 is 0. The van der Waals surface area contributed by atoms with E-state index < -0.39 is 0 Å². The number of para-hydroxylation sites is 2. The smallest absolute Gasteiger partial charge is 0.258 e. The number of hydrogen-bond acceptors (Lipinski definition) is 5. The summed E-state index contributed by atoms with van der Waals surface area (Å²) in [6.07, 6.45) is 3.69. The van der Waals surface area contributed by atoms with Crippen LogP contribution >= 0.6 is 0 Å². The Hall–Kier alpha value is -1.88. The highest BCUT2D eigenvalue weighted by Crippen LogP contribution is 2.23. The van der Waals surface area contributed by atoms with Crippen LogP contribution in [0, 0.1) is 0 Å². The second kappa shape index (κ2) is 6.05. The third-order valence-corrected chi connectivity index (χ3v) is 3.61. The SMILES string of the molecule is CNc1nc2ccccc2nc1OC[C@H]1CCCCN1. The van der Waals surface area contributed by atoms with Gasteiger partial charge in [-0.15, -0.1) is 0 Å². The predicted octanol–water partition coefficient (Wildman–Crippen LogP) is 2.19. The quantitative estimate of drug-likeness (QED) is 0.893. The first-order valence-electron chi connectivity index (χ1n) is 7.17. The van der Waals surface area contributed by atoms with Gasteiger partial charge in [0.05, 0.1) is 11.0 Å². The Kier molecular flexibility index (Phi) is 3.97. The average Bonchev–Trinajstić information content (AvgIpc) is 2.53. The normalized spacial score (nSPS) is 18.9. The van der Waals surface area contributed by atoms with E-state index in [1.54, 1.807) is 0 Å².